The first kappa shape index (κ1) is 17.0. The Morgan fingerprint density at radius 1 is 1.24 bits per heavy atom. The Morgan fingerprint density at radius 3 is 2.68 bits per heavy atom. The molecule has 1 N–H and O–H groups in total. The van der Waals surface area contributed by atoms with Gasteiger partial charge in [-0.15, -0.1) is 0 Å². The summed E-state index contributed by atoms with van der Waals surface area (Å²) in [4.78, 5) is 26.3. The lowest BCUT2D eigenvalue weighted by atomic mass is 10.1. The normalized spacial score (nSPS) is 16.8. The maximum atomic E-state index is 12.3. The van der Waals surface area contributed by atoms with E-state index in [4.69, 9.17) is 4.74 Å². The molecule has 2 aromatic carbocycles. The number of anilines is 1. The van der Waals surface area contributed by atoms with Crippen molar-refractivity contribution in [1.29, 1.82) is 0 Å². The van der Waals surface area contributed by atoms with E-state index >= 15 is 0 Å². The van der Waals surface area contributed by atoms with Crippen LogP contribution in [0.5, 0.6) is 5.75 Å². The van der Waals surface area contributed by atoms with Gasteiger partial charge in [-0.3, -0.25) is 9.59 Å². The number of aryl methyl sites for hydroxylation is 1. The molecule has 2 amide bonds. The fourth-order valence-corrected chi connectivity index (χ4v) is 3.06. The molecule has 1 heterocycles. The second-order valence-corrected chi connectivity index (χ2v) is 6.35. The Morgan fingerprint density at radius 2 is 2.00 bits per heavy atom. The van der Waals surface area contributed by atoms with E-state index in [-0.39, 0.29) is 17.7 Å². The Labute approximate surface area is 147 Å². The molecule has 3 rings (SSSR count). The van der Waals surface area contributed by atoms with E-state index in [0.717, 1.165) is 17.0 Å². The van der Waals surface area contributed by atoms with E-state index in [1.165, 1.54) is 0 Å². The molecule has 1 aliphatic heterocycles. The highest BCUT2D eigenvalue weighted by atomic mass is 16.5. The first-order chi connectivity index (χ1) is 12.1. The van der Waals surface area contributed by atoms with Gasteiger partial charge in [0.2, 0.25) is 5.91 Å². The zero-order chi connectivity index (χ0) is 17.8. The number of nitrogens with one attached hydrogen (secondary N) is 1. The minimum Gasteiger partial charge on any atom is -0.497 e. The predicted molar refractivity (Wildman–Crippen MR) is 97.0 cm³/mol. The van der Waals surface area contributed by atoms with Gasteiger partial charge < -0.3 is 15.0 Å². The van der Waals surface area contributed by atoms with Crippen LogP contribution >= 0.6 is 0 Å². The Balaban J connectivity index is 1.58. The van der Waals surface area contributed by atoms with Gasteiger partial charge in [0, 0.05) is 36.7 Å². The van der Waals surface area contributed by atoms with Gasteiger partial charge in [-0.1, -0.05) is 17.7 Å². The van der Waals surface area contributed by atoms with Crippen molar-refractivity contribution in [1.82, 2.24) is 5.32 Å². The van der Waals surface area contributed by atoms with Gasteiger partial charge in [0.25, 0.3) is 5.91 Å². The highest BCUT2D eigenvalue weighted by Gasteiger charge is 2.30. The number of carbonyl (C=O) groups is 2. The summed E-state index contributed by atoms with van der Waals surface area (Å²) in [6, 6.07) is 14.9. The summed E-state index contributed by atoms with van der Waals surface area (Å²) in [5.74, 6) is 0.861. The third-order valence-corrected chi connectivity index (χ3v) is 4.42. The maximum Gasteiger partial charge on any atom is 0.251 e. The van der Waals surface area contributed by atoms with Gasteiger partial charge in [0.05, 0.1) is 7.11 Å². The SMILES string of the molecule is COc1ccc(N2C[C@H](CNC(=O)c3cccc(C)c3)CC2=O)cc1. The first-order valence-corrected chi connectivity index (χ1v) is 8.36. The van der Waals surface area contributed by atoms with Crippen molar-refractivity contribution >= 4 is 17.5 Å². The second-order valence-electron chi connectivity index (χ2n) is 6.35. The van der Waals surface area contributed by atoms with Gasteiger partial charge in [-0.25, -0.2) is 0 Å². The zero-order valence-corrected chi connectivity index (χ0v) is 14.5. The fraction of sp³-hybridized carbons (Fsp3) is 0.300. The van der Waals surface area contributed by atoms with Crippen molar-refractivity contribution in [3.63, 3.8) is 0 Å². The van der Waals surface area contributed by atoms with E-state index in [0.29, 0.717) is 25.1 Å². The largest absolute Gasteiger partial charge is 0.497 e. The molecular formula is C20H22N2O3. The molecule has 0 aliphatic carbocycles. The minimum absolute atomic E-state index is 0.0833. The standard InChI is InChI=1S/C20H22N2O3/c1-14-4-3-5-16(10-14)20(24)21-12-15-11-19(23)22(13-15)17-6-8-18(25-2)9-7-17/h3-10,15H,11-13H2,1-2H3,(H,21,24)/t15-/m0/s1. The van der Waals surface area contributed by atoms with E-state index < -0.39 is 0 Å². The molecule has 5 heteroatoms. The first-order valence-electron chi connectivity index (χ1n) is 8.36. The average Bonchev–Trinajstić information content (AvgIpc) is 3.00. The number of benzene rings is 2. The molecule has 0 unspecified atom stereocenters. The molecule has 1 saturated heterocycles. The number of methoxy groups -OCH3 is 1. The number of rotatable bonds is 5. The summed E-state index contributed by atoms with van der Waals surface area (Å²) in [5.41, 5.74) is 2.56. The Hall–Kier alpha value is -2.82. The number of hydrogen-bond donors (Lipinski definition) is 1. The summed E-state index contributed by atoms with van der Waals surface area (Å²) in [7, 11) is 1.61. The van der Waals surface area contributed by atoms with Crippen LogP contribution in [-0.2, 0) is 4.79 Å². The van der Waals surface area contributed by atoms with Gasteiger partial charge >= 0.3 is 0 Å². The van der Waals surface area contributed by atoms with Crippen molar-refractivity contribution < 1.29 is 14.3 Å². The van der Waals surface area contributed by atoms with Crippen molar-refractivity contribution in [3.05, 3.63) is 59.7 Å². The smallest absolute Gasteiger partial charge is 0.251 e. The van der Waals surface area contributed by atoms with Gasteiger partial charge in [-0.05, 0) is 43.3 Å². The van der Waals surface area contributed by atoms with E-state index in [1.54, 1.807) is 18.1 Å². The van der Waals surface area contributed by atoms with Crippen molar-refractivity contribution in [3.8, 4) is 5.75 Å². The number of nitrogens with zero attached hydrogens (tertiary/aromatic N) is 1. The van der Waals surface area contributed by atoms with Gasteiger partial charge in [0.15, 0.2) is 0 Å². The van der Waals surface area contributed by atoms with E-state index in [9.17, 15) is 9.59 Å². The third-order valence-electron chi connectivity index (χ3n) is 4.42. The van der Waals surface area contributed by atoms with Crippen LogP contribution < -0.4 is 15.0 Å². The molecule has 0 aromatic heterocycles. The zero-order valence-electron chi connectivity index (χ0n) is 14.5. The van der Waals surface area contributed by atoms with Crippen LogP contribution in [-0.4, -0.2) is 32.0 Å². The van der Waals surface area contributed by atoms with E-state index in [1.807, 2.05) is 49.4 Å². The molecule has 1 fully saturated rings. The van der Waals surface area contributed by atoms with Gasteiger partial charge in [0.1, 0.15) is 5.75 Å². The molecule has 5 nitrogen and oxygen atoms in total. The Kier molecular flexibility index (Phi) is 5.03. The van der Waals surface area contributed by atoms with Crippen LogP contribution in [0.2, 0.25) is 0 Å². The molecule has 1 atom stereocenters. The minimum atomic E-state index is -0.0981. The molecule has 1 aliphatic rings. The molecule has 0 saturated carbocycles. The second kappa shape index (κ2) is 7.38. The molecule has 0 radical (unpaired) electrons. The van der Waals surface area contributed by atoms with Crippen LogP contribution in [0.3, 0.4) is 0 Å². The number of amides is 2. The summed E-state index contributed by atoms with van der Waals surface area (Å²) in [6.45, 7) is 3.06. The van der Waals surface area contributed by atoms with Gasteiger partial charge in [-0.2, -0.15) is 0 Å². The highest BCUT2D eigenvalue weighted by molar-refractivity contribution is 5.96. The quantitative estimate of drug-likeness (QED) is 0.912. The topological polar surface area (TPSA) is 58.6 Å². The molecule has 130 valence electrons. The molecule has 0 bridgehead atoms. The highest BCUT2D eigenvalue weighted by Crippen LogP contribution is 2.26. The third kappa shape index (κ3) is 3.99. The van der Waals surface area contributed by atoms with E-state index in [2.05, 4.69) is 5.32 Å². The number of ether oxygens (including phenoxy) is 1. The summed E-state index contributed by atoms with van der Waals surface area (Å²) in [6.07, 6.45) is 0.445. The molecule has 2 aromatic rings. The van der Waals surface area contributed by atoms with Crippen LogP contribution in [0.25, 0.3) is 0 Å². The van der Waals surface area contributed by atoms with Crippen molar-refractivity contribution in [2.24, 2.45) is 5.92 Å². The average molecular weight is 338 g/mol. The summed E-state index contributed by atoms with van der Waals surface area (Å²) < 4.78 is 5.14. The molecule has 25 heavy (non-hydrogen) atoms. The monoisotopic (exact) mass is 338 g/mol. The van der Waals surface area contributed by atoms with Crippen molar-refractivity contribution in [2.45, 2.75) is 13.3 Å². The van der Waals surface area contributed by atoms with Crippen LogP contribution in [0.15, 0.2) is 48.5 Å². The predicted octanol–water partition coefficient (Wildman–Crippen LogP) is 2.79. The van der Waals surface area contributed by atoms with Crippen LogP contribution in [0.1, 0.15) is 22.3 Å². The number of hydrogen-bond acceptors (Lipinski definition) is 3. The maximum absolute atomic E-state index is 12.3. The summed E-state index contributed by atoms with van der Waals surface area (Å²) >= 11 is 0. The summed E-state index contributed by atoms with van der Waals surface area (Å²) in [5, 5.41) is 2.94. The van der Waals surface area contributed by atoms with Crippen LogP contribution in [0, 0.1) is 12.8 Å². The molecule has 0 spiro atoms. The molecular weight excluding hydrogens is 316 g/mol. The lowest BCUT2D eigenvalue weighted by Crippen LogP contribution is -2.31. The lowest BCUT2D eigenvalue weighted by Gasteiger charge is -2.17. The fourth-order valence-electron chi connectivity index (χ4n) is 3.06. The Bertz CT molecular complexity index is 771. The number of carbonyl (C=O) groups excluding carboxylic acids is 2. The lowest BCUT2D eigenvalue weighted by molar-refractivity contribution is -0.117. The van der Waals surface area contributed by atoms with Crippen molar-refractivity contribution in [2.75, 3.05) is 25.1 Å². The van der Waals surface area contributed by atoms with Crippen LogP contribution in [0.4, 0.5) is 5.69 Å².